The van der Waals surface area contributed by atoms with Crippen molar-refractivity contribution in [1.29, 1.82) is 0 Å². The Morgan fingerprint density at radius 1 is 0.917 bits per heavy atom. The molecule has 180 valence electrons. The Hall–Kier alpha value is -4.29. The fourth-order valence-electron chi connectivity index (χ4n) is 4.29. The van der Waals surface area contributed by atoms with E-state index in [1.54, 1.807) is 7.05 Å². The molecule has 0 radical (unpaired) electrons. The minimum Gasteiger partial charge on any atom is -0.422 e. The van der Waals surface area contributed by atoms with Gasteiger partial charge in [-0.1, -0.05) is 54.6 Å². The molecule has 1 aliphatic heterocycles. The van der Waals surface area contributed by atoms with Gasteiger partial charge in [-0.2, -0.15) is 0 Å². The SMILES string of the molecule is CN=C(/C=C/c1c(N2CCOCC2)c2ccccc2oc1=O)c1ccc(N=Cc2ccccc2)cc1. The molecule has 36 heavy (non-hydrogen) atoms. The maximum absolute atomic E-state index is 13.0. The van der Waals surface area contributed by atoms with Gasteiger partial charge in [0.1, 0.15) is 5.58 Å². The van der Waals surface area contributed by atoms with Crippen LogP contribution < -0.4 is 10.5 Å². The Kier molecular flexibility index (Phi) is 7.15. The second-order valence-corrected chi connectivity index (χ2v) is 8.41. The van der Waals surface area contributed by atoms with E-state index in [1.807, 2.05) is 97.2 Å². The molecule has 0 N–H and O–H groups in total. The molecule has 1 saturated heterocycles. The lowest BCUT2D eigenvalue weighted by molar-refractivity contribution is 0.123. The minimum atomic E-state index is -0.368. The maximum Gasteiger partial charge on any atom is 0.345 e. The maximum atomic E-state index is 13.0. The summed E-state index contributed by atoms with van der Waals surface area (Å²) in [6.45, 7) is 2.68. The highest BCUT2D eigenvalue weighted by atomic mass is 16.5. The lowest BCUT2D eigenvalue weighted by Crippen LogP contribution is -2.37. The third-order valence-electron chi connectivity index (χ3n) is 6.12. The quantitative estimate of drug-likeness (QED) is 0.271. The van der Waals surface area contributed by atoms with Crippen LogP contribution >= 0.6 is 0 Å². The molecular weight excluding hydrogens is 450 g/mol. The molecule has 2 heterocycles. The van der Waals surface area contributed by atoms with Crippen LogP contribution in [0.4, 0.5) is 11.4 Å². The first-order valence-corrected chi connectivity index (χ1v) is 12.0. The third-order valence-corrected chi connectivity index (χ3v) is 6.12. The van der Waals surface area contributed by atoms with Crippen LogP contribution in [0.25, 0.3) is 17.0 Å². The van der Waals surface area contributed by atoms with Crippen molar-refractivity contribution in [3.05, 3.63) is 112 Å². The highest BCUT2D eigenvalue weighted by Crippen LogP contribution is 2.30. The number of benzene rings is 3. The van der Waals surface area contributed by atoms with Crippen LogP contribution in [0.1, 0.15) is 16.7 Å². The van der Waals surface area contributed by atoms with Crippen molar-refractivity contribution in [2.75, 3.05) is 38.3 Å². The van der Waals surface area contributed by atoms with E-state index < -0.39 is 0 Å². The average Bonchev–Trinajstić information content (AvgIpc) is 2.94. The van der Waals surface area contributed by atoms with Crippen molar-refractivity contribution in [2.45, 2.75) is 0 Å². The van der Waals surface area contributed by atoms with Gasteiger partial charge in [-0.25, -0.2) is 4.79 Å². The smallest absolute Gasteiger partial charge is 0.345 e. The Morgan fingerprint density at radius 2 is 1.64 bits per heavy atom. The van der Waals surface area contributed by atoms with E-state index in [0.717, 1.165) is 33.6 Å². The van der Waals surface area contributed by atoms with Gasteiger partial charge in [-0.15, -0.1) is 0 Å². The number of aliphatic imine (C=N–C) groups is 2. The zero-order valence-electron chi connectivity index (χ0n) is 20.1. The van der Waals surface area contributed by atoms with E-state index in [4.69, 9.17) is 9.15 Å². The molecule has 0 bridgehead atoms. The first kappa shape index (κ1) is 23.5. The van der Waals surface area contributed by atoms with Crippen LogP contribution in [-0.2, 0) is 4.74 Å². The Morgan fingerprint density at radius 3 is 2.39 bits per heavy atom. The summed E-state index contributed by atoms with van der Waals surface area (Å²) < 4.78 is 11.2. The van der Waals surface area contributed by atoms with Gasteiger partial charge in [0, 0.05) is 31.7 Å². The molecule has 4 aromatic rings. The second kappa shape index (κ2) is 11.0. The normalized spacial score (nSPS) is 14.8. The molecule has 5 rings (SSSR count). The summed E-state index contributed by atoms with van der Waals surface area (Å²) >= 11 is 0. The van der Waals surface area contributed by atoms with Crippen LogP contribution in [0.15, 0.2) is 104 Å². The van der Waals surface area contributed by atoms with Gasteiger partial charge in [0.05, 0.1) is 35.9 Å². The topological polar surface area (TPSA) is 67.4 Å². The molecule has 6 nitrogen and oxygen atoms in total. The van der Waals surface area contributed by atoms with Crippen molar-refractivity contribution >= 4 is 40.3 Å². The lowest BCUT2D eigenvalue weighted by Gasteiger charge is -2.30. The molecular formula is C30H27N3O3. The number of rotatable bonds is 6. The summed E-state index contributed by atoms with van der Waals surface area (Å²) in [5.41, 5.74) is 5.20. The van der Waals surface area contributed by atoms with Crippen LogP contribution in [0, 0.1) is 0 Å². The first-order valence-electron chi connectivity index (χ1n) is 12.0. The van der Waals surface area contributed by atoms with Gasteiger partial charge >= 0.3 is 5.63 Å². The van der Waals surface area contributed by atoms with Crippen molar-refractivity contribution in [1.82, 2.24) is 0 Å². The zero-order valence-corrected chi connectivity index (χ0v) is 20.1. The van der Waals surface area contributed by atoms with Crippen molar-refractivity contribution in [2.24, 2.45) is 9.98 Å². The van der Waals surface area contributed by atoms with Crippen LogP contribution in [-0.4, -0.2) is 45.3 Å². The van der Waals surface area contributed by atoms with Crippen molar-refractivity contribution < 1.29 is 9.15 Å². The molecule has 0 amide bonds. The molecule has 0 aliphatic carbocycles. The van der Waals surface area contributed by atoms with Gasteiger partial charge < -0.3 is 14.1 Å². The Bertz CT molecular complexity index is 1480. The summed E-state index contributed by atoms with van der Waals surface area (Å²) in [7, 11) is 1.74. The monoisotopic (exact) mass is 477 g/mol. The highest BCUT2D eigenvalue weighted by Gasteiger charge is 2.20. The number of ether oxygens (including phenoxy) is 1. The van der Waals surface area contributed by atoms with E-state index >= 15 is 0 Å². The number of para-hydroxylation sites is 1. The molecule has 6 heteroatoms. The predicted molar refractivity (Wildman–Crippen MR) is 147 cm³/mol. The molecule has 1 fully saturated rings. The number of morpholine rings is 1. The summed E-state index contributed by atoms with van der Waals surface area (Å²) in [5.74, 6) is 0. The van der Waals surface area contributed by atoms with E-state index in [-0.39, 0.29) is 5.63 Å². The standard InChI is InChI=1S/C30H27N3O3/c1-31-27(23-11-13-24(14-12-23)32-21-22-7-3-2-4-8-22)16-15-26-29(33-17-19-35-20-18-33)25-9-5-6-10-28(25)36-30(26)34/h2-16,21H,17-20H2,1H3/b16-15+,31-27?,32-21?. The summed E-state index contributed by atoms with van der Waals surface area (Å²) in [6, 6.07) is 25.5. The van der Waals surface area contributed by atoms with Gasteiger partial charge in [0.2, 0.25) is 0 Å². The fraction of sp³-hybridized carbons (Fsp3) is 0.167. The summed E-state index contributed by atoms with van der Waals surface area (Å²) in [4.78, 5) is 24.2. The zero-order chi connectivity index (χ0) is 24.7. The molecule has 1 aliphatic rings. The third kappa shape index (κ3) is 5.19. The fourth-order valence-corrected chi connectivity index (χ4v) is 4.29. The summed E-state index contributed by atoms with van der Waals surface area (Å²) in [6.07, 6.45) is 5.52. The highest BCUT2D eigenvalue weighted by molar-refractivity contribution is 6.11. The number of hydrogen-bond donors (Lipinski definition) is 0. The molecule has 0 saturated carbocycles. The molecule has 0 atom stereocenters. The van der Waals surface area contributed by atoms with Gasteiger partial charge in [0.25, 0.3) is 0 Å². The molecule has 1 aromatic heterocycles. The number of hydrogen-bond acceptors (Lipinski definition) is 6. The Balaban J connectivity index is 1.45. The van der Waals surface area contributed by atoms with Gasteiger partial charge in [-0.05, 0) is 47.5 Å². The van der Waals surface area contributed by atoms with E-state index in [1.165, 1.54) is 0 Å². The predicted octanol–water partition coefficient (Wildman–Crippen LogP) is 5.51. The van der Waals surface area contributed by atoms with E-state index in [9.17, 15) is 4.79 Å². The number of allylic oxidation sites excluding steroid dienone is 1. The molecule has 3 aromatic carbocycles. The second-order valence-electron chi connectivity index (χ2n) is 8.41. The van der Waals surface area contributed by atoms with E-state index in [2.05, 4.69) is 14.9 Å². The largest absolute Gasteiger partial charge is 0.422 e. The van der Waals surface area contributed by atoms with Crippen LogP contribution in [0.5, 0.6) is 0 Å². The van der Waals surface area contributed by atoms with Crippen molar-refractivity contribution in [3.63, 3.8) is 0 Å². The van der Waals surface area contributed by atoms with E-state index in [0.29, 0.717) is 37.4 Å². The summed E-state index contributed by atoms with van der Waals surface area (Å²) in [5, 5.41) is 0.911. The van der Waals surface area contributed by atoms with Crippen LogP contribution in [0.3, 0.4) is 0 Å². The number of anilines is 1. The van der Waals surface area contributed by atoms with Gasteiger partial charge in [-0.3, -0.25) is 9.98 Å². The van der Waals surface area contributed by atoms with Gasteiger partial charge in [0.15, 0.2) is 0 Å². The number of nitrogens with zero attached hydrogens (tertiary/aromatic N) is 3. The Labute approximate surface area is 209 Å². The lowest BCUT2D eigenvalue weighted by atomic mass is 10.1. The molecule has 0 spiro atoms. The first-order chi connectivity index (χ1) is 17.7. The average molecular weight is 478 g/mol. The van der Waals surface area contributed by atoms with Crippen molar-refractivity contribution in [3.8, 4) is 0 Å². The molecule has 0 unspecified atom stereocenters. The minimum absolute atomic E-state index is 0.368. The van der Waals surface area contributed by atoms with Crippen LogP contribution in [0.2, 0.25) is 0 Å². The number of fused-ring (bicyclic) bond motifs is 1.